The predicted molar refractivity (Wildman–Crippen MR) is 52.1 cm³/mol. The summed E-state index contributed by atoms with van der Waals surface area (Å²) in [4.78, 5) is 0. The van der Waals surface area contributed by atoms with Gasteiger partial charge in [-0.05, 0) is 41.5 Å². The van der Waals surface area contributed by atoms with Crippen molar-refractivity contribution in [3.8, 4) is 0 Å². The van der Waals surface area contributed by atoms with Crippen molar-refractivity contribution in [3.05, 3.63) is 0 Å². The van der Waals surface area contributed by atoms with E-state index in [9.17, 15) is 0 Å². The zero-order chi connectivity index (χ0) is 10.7. The van der Waals surface area contributed by atoms with Crippen LogP contribution in [0.1, 0.15) is 41.5 Å². The number of rotatable bonds is 0. The van der Waals surface area contributed by atoms with Gasteiger partial charge in [-0.15, -0.1) is 0 Å². The van der Waals surface area contributed by atoms with Gasteiger partial charge in [-0.2, -0.15) is 0 Å². The molecule has 5 heteroatoms. The standard InChI is InChI=1S/3C3H8O.2Zr/c3*1-3(2)4;;/h3*3-4H,1-2H3;;. The number of aliphatic hydroxyl groups is 3. The van der Waals surface area contributed by atoms with E-state index < -0.39 is 0 Å². The van der Waals surface area contributed by atoms with Gasteiger partial charge in [0.2, 0.25) is 0 Å². The Morgan fingerprint density at radius 1 is 0.500 bits per heavy atom. The second-order valence-electron chi connectivity index (χ2n) is 3.28. The molecule has 0 amide bonds. The average Bonchev–Trinajstić information content (AvgIpc) is 1.54. The van der Waals surface area contributed by atoms with E-state index in [4.69, 9.17) is 15.3 Å². The van der Waals surface area contributed by atoms with Gasteiger partial charge in [-0.1, -0.05) is 0 Å². The second kappa shape index (κ2) is 24.1. The van der Waals surface area contributed by atoms with Crippen molar-refractivity contribution in [2.75, 3.05) is 0 Å². The molecule has 14 heavy (non-hydrogen) atoms. The fraction of sp³-hybridized carbons (Fsp3) is 1.00. The first kappa shape index (κ1) is 29.6. The molecule has 0 aromatic carbocycles. The van der Waals surface area contributed by atoms with Crippen molar-refractivity contribution in [1.82, 2.24) is 0 Å². The second-order valence-corrected chi connectivity index (χ2v) is 3.28. The minimum absolute atomic E-state index is 0. The maximum absolute atomic E-state index is 8.06. The molecule has 0 aliphatic heterocycles. The number of aliphatic hydroxyl groups excluding tert-OH is 3. The summed E-state index contributed by atoms with van der Waals surface area (Å²) in [5.74, 6) is 0. The Balaban J connectivity index is -0.0000000270. The monoisotopic (exact) mass is 360 g/mol. The average molecular weight is 363 g/mol. The third-order valence-corrected chi connectivity index (χ3v) is 0. The Labute approximate surface area is 127 Å². The maximum Gasteiger partial charge on any atom is 0.0483 e. The van der Waals surface area contributed by atoms with Gasteiger partial charge >= 0.3 is 0 Å². The van der Waals surface area contributed by atoms with Crippen molar-refractivity contribution in [3.63, 3.8) is 0 Å². The molecule has 0 spiro atoms. The first-order chi connectivity index (χ1) is 5.20. The van der Waals surface area contributed by atoms with Crippen LogP contribution in [0.25, 0.3) is 0 Å². The van der Waals surface area contributed by atoms with Crippen LogP contribution in [0.2, 0.25) is 0 Å². The minimum atomic E-state index is -0.167. The van der Waals surface area contributed by atoms with E-state index in [-0.39, 0.29) is 70.7 Å². The fourth-order valence-electron chi connectivity index (χ4n) is 0. The Hall–Kier alpha value is 1.65. The Morgan fingerprint density at radius 2 is 0.500 bits per heavy atom. The van der Waals surface area contributed by atoms with Gasteiger partial charge in [0.25, 0.3) is 0 Å². The molecule has 0 aliphatic carbocycles. The molecule has 86 valence electrons. The van der Waals surface area contributed by atoms with E-state index >= 15 is 0 Å². The van der Waals surface area contributed by atoms with Crippen molar-refractivity contribution >= 4 is 0 Å². The quantitative estimate of drug-likeness (QED) is 0.606. The molecular formula is C9H24O3Zr2. The molecule has 0 rings (SSSR count). The third kappa shape index (κ3) is 805. The first-order valence-electron chi connectivity index (χ1n) is 4.24. The first-order valence-corrected chi connectivity index (χ1v) is 4.24. The molecule has 0 radical (unpaired) electrons. The molecule has 0 unspecified atom stereocenters. The van der Waals surface area contributed by atoms with Crippen LogP contribution in [0.4, 0.5) is 0 Å². The van der Waals surface area contributed by atoms with Gasteiger partial charge in [-0.25, -0.2) is 0 Å². The van der Waals surface area contributed by atoms with E-state index in [2.05, 4.69) is 0 Å². The summed E-state index contributed by atoms with van der Waals surface area (Å²) in [6.45, 7) is 10.3. The summed E-state index contributed by atoms with van der Waals surface area (Å²) >= 11 is 0. The van der Waals surface area contributed by atoms with Crippen molar-refractivity contribution in [1.29, 1.82) is 0 Å². The van der Waals surface area contributed by atoms with Crippen LogP contribution in [0, 0.1) is 0 Å². The normalized spacial score (nSPS) is 7.71. The molecule has 3 N–H and O–H groups in total. The molecule has 0 bridgehead atoms. The molecule has 0 aromatic rings. The Bertz CT molecular complexity index is 46.5. The zero-order valence-electron chi connectivity index (χ0n) is 10.1. The van der Waals surface area contributed by atoms with Crippen LogP contribution in [0.3, 0.4) is 0 Å². The van der Waals surface area contributed by atoms with Gasteiger partial charge < -0.3 is 15.3 Å². The van der Waals surface area contributed by atoms with Gasteiger partial charge in [-0.3, -0.25) is 0 Å². The molecule has 0 aromatic heterocycles. The van der Waals surface area contributed by atoms with Gasteiger partial charge in [0.1, 0.15) is 0 Å². The number of hydrogen-bond acceptors (Lipinski definition) is 3. The zero-order valence-corrected chi connectivity index (χ0v) is 15.0. The van der Waals surface area contributed by atoms with Gasteiger partial charge in [0.05, 0.1) is 0 Å². The third-order valence-electron chi connectivity index (χ3n) is 0. The Morgan fingerprint density at radius 3 is 0.500 bits per heavy atom. The van der Waals surface area contributed by atoms with Crippen LogP contribution >= 0.6 is 0 Å². The summed E-state index contributed by atoms with van der Waals surface area (Å²) in [6.07, 6.45) is -0.500. The molecule has 0 aliphatic rings. The molecule has 0 atom stereocenters. The SMILES string of the molecule is CC(C)O.CC(C)O.CC(C)O.[Zr].[Zr]. The molecule has 0 heterocycles. The molecule has 0 fully saturated rings. The van der Waals surface area contributed by atoms with Crippen LogP contribution in [0.5, 0.6) is 0 Å². The van der Waals surface area contributed by atoms with Gasteiger partial charge in [0.15, 0.2) is 0 Å². The predicted octanol–water partition coefficient (Wildman–Crippen LogP) is 1.16. The fourth-order valence-corrected chi connectivity index (χ4v) is 0. The van der Waals surface area contributed by atoms with Crippen molar-refractivity contribution in [2.45, 2.75) is 59.9 Å². The molecule has 0 saturated heterocycles. The topological polar surface area (TPSA) is 60.7 Å². The molecule has 3 nitrogen and oxygen atoms in total. The minimum Gasteiger partial charge on any atom is -0.394 e. The van der Waals surface area contributed by atoms with Crippen LogP contribution in [-0.4, -0.2) is 33.6 Å². The van der Waals surface area contributed by atoms with E-state index in [1.165, 1.54) is 0 Å². The van der Waals surface area contributed by atoms with Crippen molar-refractivity contribution in [2.24, 2.45) is 0 Å². The van der Waals surface area contributed by atoms with E-state index in [0.717, 1.165) is 0 Å². The summed E-state index contributed by atoms with van der Waals surface area (Å²) in [6, 6.07) is 0. The largest absolute Gasteiger partial charge is 0.394 e. The summed E-state index contributed by atoms with van der Waals surface area (Å²) in [5.41, 5.74) is 0. The van der Waals surface area contributed by atoms with Gasteiger partial charge in [0, 0.05) is 70.7 Å². The van der Waals surface area contributed by atoms with E-state index in [0.29, 0.717) is 0 Å². The summed E-state index contributed by atoms with van der Waals surface area (Å²) < 4.78 is 0. The van der Waals surface area contributed by atoms with Crippen molar-refractivity contribution < 1.29 is 67.7 Å². The van der Waals surface area contributed by atoms with Crippen LogP contribution in [-0.2, 0) is 52.4 Å². The van der Waals surface area contributed by atoms with E-state index in [1.807, 2.05) is 0 Å². The molecule has 0 saturated carbocycles. The summed E-state index contributed by atoms with van der Waals surface area (Å²) in [5, 5.41) is 24.2. The smallest absolute Gasteiger partial charge is 0.0483 e. The number of hydrogen-bond donors (Lipinski definition) is 3. The van der Waals surface area contributed by atoms with E-state index in [1.54, 1.807) is 41.5 Å². The summed E-state index contributed by atoms with van der Waals surface area (Å²) in [7, 11) is 0. The molecular weight excluding hydrogens is 339 g/mol. The maximum atomic E-state index is 8.06. The van der Waals surface area contributed by atoms with Crippen LogP contribution in [0.15, 0.2) is 0 Å². The van der Waals surface area contributed by atoms with Crippen LogP contribution < -0.4 is 0 Å². The Kier molecular flexibility index (Phi) is 50.9.